The molecule has 1 fully saturated rings. The number of thiophene rings is 1. The first-order valence-electron chi connectivity index (χ1n) is 10.4. The molecule has 2 amide bonds. The lowest BCUT2D eigenvalue weighted by molar-refractivity contribution is -0.385. The number of anilines is 1. The van der Waals surface area contributed by atoms with Gasteiger partial charge in [-0.05, 0) is 45.2 Å². The van der Waals surface area contributed by atoms with Gasteiger partial charge in [0.2, 0.25) is 0 Å². The summed E-state index contributed by atoms with van der Waals surface area (Å²) in [6, 6.07) is 4.24. The molecular weight excluding hydrogens is 434 g/mol. The lowest BCUT2D eigenvalue weighted by Crippen LogP contribution is -2.32. The summed E-state index contributed by atoms with van der Waals surface area (Å²) < 4.78 is 5.12. The van der Waals surface area contributed by atoms with Crippen molar-refractivity contribution in [3.63, 3.8) is 0 Å². The highest BCUT2D eigenvalue weighted by atomic mass is 32.1. The Balaban J connectivity index is 1.92. The fourth-order valence-corrected chi connectivity index (χ4v) is 4.80. The zero-order chi connectivity index (χ0) is 23.4. The molecule has 1 aromatic heterocycles. The maximum atomic E-state index is 12.8. The molecular formula is C22H25N3O6S. The van der Waals surface area contributed by atoms with Gasteiger partial charge in [0.25, 0.3) is 17.5 Å². The SMILES string of the molecule is CCOC(=O)c1c(NC(=O)c2ccc(C)c([N+](=O)[O-])c2)sc(C(=O)NC2CCCC2)c1C. The summed E-state index contributed by atoms with van der Waals surface area (Å²) in [6.07, 6.45) is 3.95. The predicted octanol–water partition coefficient (Wildman–Crippen LogP) is 4.37. The average Bonchev–Trinajstić information content (AvgIpc) is 3.35. The zero-order valence-electron chi connectivity index (χ0n) is 18.1. The van der Waals surface area contributed by atoms with Gasteiger partial charge in [0.1, 0.15) is 5.00 Å². The molecule has 1 aliphatic rings. The molecule has 0 atom stereocenters. The quantitative estimate of drug-likeness (QED) is 0.359. The van der Waals surface area contributed by atoms with Gasteiger partial charge in [0, 0.05) is 23.2 Å². The summed E-state index contributed by atoms with van der Waals surface area (Å²) in [7, 11) is 0. The van der Waals surface area contributed by atoms with Crippen LogP contribution in [-0.4, -0.2) is 35.4 Å². The van der Waals surface area contributed by atoms with Crippen molar-refractivity contribution in [3.05, 3.63) is 55.4 Å². The van der Waals surface area contributed by atoms with Crippen molar-refractivity contribution in [1.29, 1.82) is 0 Å². The van der Waals surface area contributed by atoms with Crippen molar-refractivity contribution in [2.45, 2.75) is 52.5 Å². The van der Waals surface area contributed by atoms with Gasteiger partial charge in [-0.3, -0.25) is 19.7 Å². The second kappa shape index (κ2) is 9.90. The molecule has 2 aromatic rings. The van der Waals surface area contributed by atoms with Gasteiger partial charge in [0.15, 0.2) is 0 Å². The minimum atomic E-state index is -0.647. The van der Waals surface area contributed by atoms with Crippen LogP contribution in [0.5, 0.6) is 0 Å². The number of rotatable bonds is 7. The average molecular weight is 460 g/mol. The summed E-state index contributed by atoms with van der Waals surface area (Å²) in [5, 5.41) is 17.0. The maximum absolute atomic E-state index is 12.8. The van der Waals surface area contributed by atoms with E-state index in [2.05, 4.69) is 10.6 Å². The lowest BCUT2D eigenvalue weighted by Gasteiger charge is -2.11. The number of amides is 2. The second-order valence-electron chi connectivity index (χ2n) is 7.65. The minimum Gasteiger partial charge on any atom is -0.462 e. The van der Waals surface area contributed by atoms with E-state index in [1.54, 1.807) is 20.8 Å². The standard InChI is InChI=1S/C22H25N3O6S/c1-4-31-22(28)17-13(3)18(20(27)23-15-7-5-6-8-15)32-21(17)24-19(26)14-10-9-12(2)16(11-14)25(29)30/h9-11,15H,4-8H2,1-3H3,(H,23,27)(H,24,26). The number of nitrogens with one attached hydrogen (secondary N) is 2. The van der Waals surface area contributed by atoms with Gasteiger partial charge < -0.3 is 15.4 Å². The Labute approximate surface area is 189 Å². The monoisotopic (exact) mass is 459 g/mol. The molecule has 9 nitrogen and oxygen atoms in total. The first-order valence-corrected chi connectivity index (χ1v) is 11.2. The molecule has 1 heterocycles. The highest BCUT2D eigenvalue weighted by Crippen LogP contribution is 2.35. The van der Waals surface area contributed by atoms with E-state index in [1.807, 2.05) is 0 Å². The number of nitro groups is 1. The number of esters is 1. The van der Waals surface area contributed by atoms with Crippen LogP contribution in [0.1, 0.15) is 74.1 Å². The topological polar surface area (TPSA) is 128 Å². The largest absolute Gasteiger partial charge is 0.462 e. The number of aryl methyl sites for hydroxylation is 1. The molecule has 0 radical (unpaired) electrons. The number of ether oxygens (including phenoxy) is 1. The van der Waals surface area contributed by atoms with E-state index in [0.717, 1.165) is 37.0 Å². The second-order valence-corrected chi connectivity index (χ2v) is 8.67. The molecule has 1 aliphatic carbocycles. The summed E-state index contributed by atoms with van der Waals surface area (Å²) in [4.78, 5) is 49.2. The minimum absolute atomic E-state index is 0.0696. The molecule has 1 aromatic carbocycles. The normalized spacial score (nSPS) is 13.6. The number of carbonyl (C=O) groups excluding carboxylic acids is 3. The molecule has 32 heavy (non-hydrogen) atoms. The fourth-order valence-electron chi connectivity index (χ4n) is 3.71. The van der Waals surface area contributed by atoms with Crippen molar-refractivity contribution < 1.29 is 24.0 Å². The smallest absolute Gasteiger partial charge is 0.341 e. The molecule has 170 valence electrons. The highest BCUT2D eigenvalue weighted by molar-refractivity contribution is 7.18. The number of hydrogen-bond acceptors (Lipinski definition) is 7. The third kappa shape index (κ3) is 4.96. The molecule has 3 rings (SSSR count). The Morgan fingerprint density at radius 2 is 1.88 bits per heavy atom. The van der Waals surface area contributed by atoms with Crippen LogP contribution in [0.2, 0.25) is 0 Å². The van der Waals surface area contributed by atoms with Gasteiger partial charge in [0.05, 0.1) is 22.0 Å². The van der Waals surface area contributed by atoms with Crippen molar-refractivity contribution >= 4 is 39.8 Å². The van der Waals surface area contributed by atoms with E-state index in [0.29, 0.717) is 16.0 Å². The van der Waals surface area contributed by atoms with Gasteiger partial charge in [-0.2, -0.15) is 0 Å². The van der Waals surface area contributed by atoms with Crippen LogP contribution in [0, 0.1) is 24.0 Å². The Morgan fingerprint density at radius 3 is 2.50 bits per heavy atom. The van der Waals surface area contributed by atoms with Crippen LogP contribution < -0.4 is 10.6 Å². The Kier molecular flexibility index (Phi) is 7.24. The van der Waals surface area contributed by atoms with E-state index >= 15 is 0 Å². The maximum Gasteiger partial charge on any atom is 0.341 e. The van der Waals surface area contributed by atoms with Gasteiger partial charge in [-0.25, -0.2) is 4.79 Å². The van der Waals surface area contributed by atoms with Gasteiger partial charge in [-0.1, -0.05) is 18.9 Å². The Bertz CT molecular complexity index is 1070. The van der Waals surface area contributed by atoms with Crippen LogP contribution >= 0.6 is 11.3 Å². The molecule has 0 unspecified atom stereocenters. The summed E-state index contributed by atoms with van der Waals surface area (Å²) in [5.74, 6) is -1.56. The van der Waals surface area contributed by atoms with Crippen LogP contribution in [0.25, 0.3) is 0 Å². The van der Waals surface area contributed by atoms with Crippen molar-refractivity contribution in [1.82, 2.24) is 5.32 Å². The summed E-state index contributed by atoms with van der Waals surface area (Å²) >= 11 is 0.990. The summed E-state index contributed by atoms with van der Waals surface area (Å²) in [6.45, 7) is 5.02. The van der Waals surface area contributed by atoms with Crippen molar-refractivity contribution in [3.8, 4) is 0 Å². The zero-order valence-corrected chi connectivity index (χ0v) is 19.0. The van der Waals surface area contributed by atoms with E-state index in [1.165, 1.54) is 18.2 Å². The number of carbonyl (C=O) groups is 3. The third-order valence-corrected chi connectivity index (χ3v) is 6.62. The molecule has 0 aliphatic heterocycles. The lowest BCUT2D eigenvalue weighted by atomic mass is 10.1. The molecule has 0 bridgehead atoms. The van der Waals surface area contributed by atoms with E-state index in [-0.39, 0.29) is 40.4 Å². The van der Waals surface area contributed by atoms with E-state index in [4.69, 9.17) is 4.74 Å². The molecule has 0 spiro atoms. The van der Waals surface area contributed by atoms with E-state index < -0.39 is 16.8 Å². The summed E-state index contributed by atoms with van der Waals surface area (Å²) in [5.41, 5.74) is 0.858. The first-order chi connectivity index (χ1) is 15.2. The number of nitrogens with zero attached hydrogens (tertiary/aromatic N) is 1. The van der Waals surface area contributed by atoms with Gasteiger partial charge >= 0.3 is 5.97 Å². The Hall–Kier alpha value is -3.27. The number of benzene rings is 1. The molecule has 10 heteroatoms. The van der Waals surface area contributed by atoms with Crippen LogP contribution in [-0.2, 0) is 4.74 Å². The molecule has 0 saturated heterocycles. The molecule has 1 saturated carbocycles. The first kappa shape index (κ1) is 23.4. The highest BCUT2D eigenvalue weighted by Gasteiger charge is 2.28. The Morgan fingerprint density at radius 1 is 1.19 bits per heavy atom. The third-order valence-electron chi connectivity index (χ3n) is 5.42. The molecule has 2 N–H and O–H groups in total. The fraction of sp³-hybridized carbons (Fsp3) is 0.409. The number of nitro benzene ring substituents is 1. The number of hydrogen-bond donors (Lipinski definition) is 2. The van der Waals surface area contributed by atoms with Gasteiger partial charge in [-0.15, -0.1) is 11.3 Å². The van der Waals surface area contributed by atoms with Crippen LogP contribution in [0.4, 0.5) is 10.7 Å². The van der Waals surface area contributed by atoms with Crippen molar-refractivity contribution in [2.75, 3.05) is 11.9 Å². The van der Waals surface area contributed by atoms with Crippen LogP contribution in [0.15, 0.2) is 18.2 Å². The predicted molar refractivity (Wildman–Crippen MR) is 121 cm³/mol. The van der Waals surface area contributed by atoms with Crippen LogP contribution in [0.3, 0.4) is 0 Å². The van der Waals surface area contributed by atoms with E-state index in [9.17, 15) is 24.5 Å². The van der Waals surface area contributed by atoms with Crippen molar-refractivity contribution in [2.24, 2.45) is 0 Å².